The molecule has 2 rings (SSSR count). The van der Waals surface area contributed by atoms with E-state index in [4.69, 9.17) is 10.8 Å². The summed E-state index contributed by atoms with van der Waals surface area (Å²) in [6, 6.07) is 1.44. The molecule has 1 aromatic heterocycles. The number of carboxylic acids is 1. The average molecular weight is 278 g/mol. The zero-order valence-corrected chi connectivity index (χ0v) is 12.3. The number of aromatic carboxylic acids is 1. The van der Waals surface area contributed by atoms with Gasteiger partial charge in [0.2, 0.25) is 0 Å². The van der Waals surface area contributed by atoms with Gasteiger partial charge in [-0.2, -0.15) is 0 Å². The summed E-state index contributed by atoms with van der Waals surface area (Å²) in [6.45, 7) is 10.0. The zero-order chi connectivity index (χ0) is 14.9. The third-order valence-electron chi connectivity index (χ3n) is 3.73. The highest BCUT2D eigenvalue weighted by atomic mass is 16.4. The molecule has 0 bridgehead atoms. The molecule has 0 atom stereocenters. The Labute approximate surface area is 119 Å². The Kier molecular flexibility index (Phi) is 3.85. The van der Waals surface area contributed by atoms with Crippen molar-refractivity contribution < 1.29 is 9.90 Å². The fourth-order valence-corrected chi connectivity index (χ4v) is 2.49. The van der Waals surface area contributed by atoms with E-state index in [9.17, 15) is 4.79 Å². The number of carboxylic acid groups (broad SMARTS) is 1. The molecule has 0 unspecified atom stereocenters. The fourth-order valence-electron chi connectivity index (χ4n) is 2.49. The lowest BCUT2D eigenvalue weighted by Gasteiger charge is -2.42. The van der Waals surface area contributed by atoms with Gasteiger partial charge in [0.25, 0.3) is 0 Å². The van der Waals surface area contributed by atoms with Crippen molar-refractivity contribution >= 4 is 17.5 Å². The lowest BCUT2D eigenvalue weighted by Crippen LogP contribution is -2.53. The molecule has 1 fully saturated rings. The van der Waals surface area contributed by atoms with E-state index in [1.807, 2.05) is 0 Å². The SMILES string of the molecule is CC(C)(C)N1CCN(c2nccc(C(=O)O)c2N)CC1. The first-order chi connectivity index (χ1) is 9.30. The number of carbonyl (C=O) groups is 1. The molecule has 1 aromatic rings. The second-order valence-electron chi connectivity index (χ2n) is 6.05. The summed E-state index contributed by atoms with van der Waals surface area (Å²) >= 11 is 0. The van der Waals surface area contributed by atoms with E-state index in [0.717, 1.165) is 26.2 Å². The van der Waals surface area contributed by atoms with Gasteiger partial charge in [-0.1, -0.05) is 0 Å². The van der Waals surface area contributed by atoms with Crippen molar-refractivity contribution in [1.82, 2.24) is 9.88 Å². The van der Waals surface area contributed by atoms with Gasteiger partial charge in [-0.05, 0) is 26.8 Å². The molecular formula is C14H22N4O2. The summed E-state index contributed by atoms with van der Waals surface area (Å²) in [5.74, 6) is -0.432. The first-order valence-corrected chi connectivity index (χ1v) is 6.78. The van der Waals surface area contributed by atoms with Crippen LogP contribution in [0.2, 0.25) is 0 Å². The van der Waals surface area contributed by atoms with Gasteiger partial charge in [0.15, 0.2) is 5.82 Å². The molecule has 3 N–H and O–H groups in total. The number of aromatic nitrogens is 1. The molecule has 0 amide bonds. The van der Waals surface area contributed by atoms with Crippen LogP contribution in [0, 0.1) is 0 Å². The fraction of sp³-hybridized carbons (Fsp3) is 0.571. The summed E-state index contributed by atoms with van der Waals surface area (Å²) in [6.07, 6.45) is 1.51. The van der Waals surface area contributed by atoms with Crippen molar-refractivity contribution in [2.45, 2.75) is 26.3 Å². The molecule has 2 heterocycles. The first kappa shape index (κ1) is 14.6. The van der Waals surface area contributed by atoms with Crippen LogP contribution in [0.25, 0.3) is 0 Å². The first-order valence-electron chi connectivity index (χ1n) is 6.78. The molecule has 1 aliphatic heterocycles. The standard InChI is InChI=1S/C14H22N4O2/c1-14(2,3)18-8-6-17(7-9-18)12-11(15)10(13(19)20)4-5-16-12/h4-5H,6-9,15H2,1-3H3,(H,19,20). The summed E-state index contributed by atoms with van der Waals surface area (Å²) in [5.41, 5.74) is 6.46. The molecule has 6 heteroatoms. The number of nitrogens with two attached hydrogens (primary N) is 1. The summed E-state index contributed by atoms with van der Waals surface area (Å²) in [4.78, 5) is 19.8. The van der Waals surface area contributed by atoms with Crippen LogP contribution in [0.1, 0.15) is 31.1 Å². The highest BCUT2D eigenvalue weighted by molar-refractivity contribution is 5.96. The van der Waals surface area contributed by atoms with Crippen LogP contribution in [0.3, 0.4) is 0 Å². The minimum atomic E-state index is -1.01. The normalized spacial score (nSPS) is 17.2. The summed E-state index contributed by atoms with van der Waals surface area (Å²) in [5, 5.41) is 9.10. The van der Waals surface area contributed by atoms with Crippen LogP contribution in [-0.2, 0) is 0 Å². The Bertz CT molecular complexity index is 502. The molecule has 0 saturated carbocycles. The molecule has 0 spiro atoms. The number of nitrogen functional groups attached to an aromatic ring is 1. The minimum absolute atomic E-state index is 0.119. The van der Waals surface area contributed by atoms with Crippen molar-refractivity contribution in [1.29, 1.82) is 0 Å². The van der Waals surface area contributed by atoms with Crippen molar-refractivity contribution in [3.63, 3.8) is 0 Å². The quantitative estimate of drug-likeness (QED) is 0.848. The number of hydrogen-bond donors (Lipinski definition) is 2. The number of pyridine rings is 1. The summed E-state index contributed by atoms with van der Waals surface area (Å²) < 4.78 is 0. The second-order valence-corrected chi connectivity index (χ2v) is 6.05. The van der Waals surface area contributed by atoms with Gasteiger partial charge in [0.05, 0.1) is 11.3 Å². The van der Waals surface area contributed by atoms with Crippen molar-refractivity contribution in [2.24, 2.45) is 0 Å². The van der Waals surface area contributed by atoms with Crippen LogP contribution in [0.5, 0.6) is 0 Å². The minimum Gasteiger partial charge on any atom is -0.478 e. The molecule has 1 saturated heterocycles. The smallest absolute Gasteiger partial charge is 0.337 e. The largest absolute Gasteiger partial charge is 0.478 e. The van der Waals surface area contributed by atoms with Crippen LogP contribution in [-0.4, -0.2) is 52.7 Å². The molecular weight excluding hydrogens is 256 g/mol. The van der Waals surface area contributed by atoms with Gasteiger partial charge >= 0.3 is 5.97 Å². The van der Waals surface area contributed by atoms with Gasteiger partial charge in [-0.25, -0.2) is 9.78 Å². The maximum atomic E-state index is 11.1. The third kappa shape index (κ3) is 2.85. The molecule has 110 valence electrons. The Morgan fingerprint density at radius 2 is 1.90 bits per heavy atom. The predicted molar refractivity (Wildman–Crippen MR) is 79.1 cm³/mol. The lowest BCUT2D eigenvalue weighted by atomic mass is 10.0. The Balaban J connectivity index is 2.15. The molecule has 1 aliphatic rings. The van der Waals surface area contributed by atoms with Crippen molar-refractivity contribution in [3.8, 4) is 0 Å². The average Bonchev–Trinajstić information content (AvgIpc) is 2.38. The third-order valence-corrected chi connectivity index (χ3v) is 3.73. The van der Waals surface area contributed by atoms with E-state index < -0.39 is 5.97 Å². The Morgan fingerprint density at radius 3 is 2.40 bits per heavy atom. The van der Waals surface area contributed by atoms with E-state index in [2.05, 4.69) is 35.6 Å². The van der Waals surface area contributed by atoms with Crippen LogP contribution >= 0.6 is 0 Å². The predicted octanol–water partition coefficient (Wildman–Crippen LogP) is 1.28. The lowest BCUT2D eigenvalue weighted by molar-refractivity contribution is 0.0698. The molecule has 0 radical (unpaired) electrons. The molecule has 20 heavy (non-hydrogen) atoms. The Hall–Kier alpha value is -1.82. The van der Waals surface area contributed by atoms with Crippen LogP contribution in [0.4, 0.5) is 11.5 Å². The molecule has 0 aromatic carbocycles. The topological polar surface area (TPSA) is 82.7 Å². The Morgan fingerprint density at radius 1 is 1.30 bits per heavy atom. The van der Waals surface area contributed by atoms with E-state index >= 15 is 0 Å². The number of hydrogen-bond acceptors (Lipinski definition) is 5. The van der Waals surface area contributed by atoms with Crippen LogP contribution < -0.4 is 10.6 Å². The maximum absolute atomic E-state index is 11.1. The van der Waals surface area contributed by atoms with E-state index in [1.54, 1.807) is 0 Å². The molecule has 0 aliphatic carbocycles. The highest BCUT2D eigenvalue weighted by Crippen LogP contribution is 2.26. The van der Waals surface area contributed by atoms with Crippen LogP contribution in [0.15, 0.2) is 12.3 Å². The maximum Gasteiger partial charge on any atom is 0.337 e. The van der Waals surface area contributed by atoms with Gasteiger partial charge in [-0.3, -0.25) is 4.90 Å². The summed E-state index contributed by atoms with van der Waals surface area (Å²) in [7, 11) is 0. The van der Waals surface area contributed by atoms with Crippen molar-refractivity contribution in [3.05, 3.63) is 17.8 Å². The van der Waals surface area contributed by atoms with E-state index in [0.29, 0.717) is 5.82 Å². The number of rotatable bonds is 2. The number of nitrogens with zero attached hydrogens (tertiary/aromatic N) is 3. The zero-order valence-electron chi connectivity index (χ0n) is 12.3. The van der Waals surface area contributed by atoms with Gasteiger partial charge in [0, 0.05) is 37.9 Å². The highest BCUT2D eigenvalue weighted by Gasteiger charge is 2.27. The van der Waals surface area contributed by atoms with Gasteiger partial charge < -0.3 is 15.7 Å². The number of piperazine rings is 1. The molecule has 6 nitrogen and oxygen atoms in total. The number of anilines is 2. The van der Waals surface area contributed by atoms with E-state index in [-0.39, 0.29) is 16.8 Å². The second kappa shape index (κ2) is 5.28. The van der Waals surface area contributed by atoms with E-state index in [1.165, 1.54) is 12.3 Å². The van der Waals surface area contributed by atoms with Gasteiger partial charge in [0.1, 0.15) is 0 Å². The van der Waals surface area contributed by atoms with Gasteiger partial charge in [-0.15, -0.1) is 0 Å². The monoisotopic (exact) mass is 278 g/mol. The van der Waals surface area contributed by atoms with Crippen molar-refractivity contribution in [2.75, 3.05) is 36.8 Å².